The van der Waals surface area contributed by atoms with Gasteiger partial charge in [-0.3, -0.25) is 24.5 Å². The average molecular weight is 1200 g/mol. The number of nitrogens with zero attached hydrogens (tertiary/aromatic N) is 1. The number of carbonyl (C=O) groups is 3. The van der Waals surface area contributed by atoms with Gasteiger partial charge >= 0.3 is 5.97 Å². The van der Waals surface area contributed by atoms with E-state index in [0.717, 1.165) is 60.0 Å². The van der Waals surface area contributed by atoms with Gasteiger partial charge in [-0.05, 0) is 77.9 Å². The molecular weight excluding hydrogens is 1090 g/mol. The van der Waals surface area contributed by atoms with E-state index in [9.17, 15) is 19.7 Å². The summed E-state index contributed by atoms with van der Waals surface area (Å²) in [5.41, 5.74) is 1.58. The lowest BCUT2D eigenvalue weighted by molar-refractivity contribution is -0.385. The van der Waals surface area contributed by atoms with Crippen LogP contribution in [0.25, 0.3) is 0 Å². The van der Waals surface area contributed by atoms with E-state index in [2.05, 4.69) is 75.6 Å². The summed E-state index contributed by atoms with van der Waals surface area (Å²) in [4.78, 5) is 55.2. The molecule has 476 valence electrons. The molecule has 1 unspecified atom stereocenters. The van der Waals surface area contributed by atoms with E-state index in [1.54, 1.807) is 18.2 Å². The second-order valence-corrected chi connectivity index (χ2v) is 30.3. The third-order valence-electron chi connectivity index (χ3n) is 17.2. The summed E-state index contributed by atoms with van der Waals surface area (Å²) in [5, 5.41) is 20.2. The molecule has 2 N–H and O–H groups in total. The molecule has 0 radical (unpaired) electrons. The van der Waals surface area contributed by atoms with Crippen LogP contribution in [0.5, 0.6) is 5.75 Å². The molecule has 4 rings (SSSR count). The van der Waals surface area contributed by atoms with Crippen LogP contribution < -0.4 is 25.7 Å². The molecule has 4 aromatic rings. The first kappa shape index (κ1) is 72.9. The Morgan fingerprint density at radius 2 is 1.08 bits per heavy atom. The van der Waals surface area contributed by atoms with Crippen LogP contribution >= 0.6 is 0 Å². The van der Waals surface area contributed by atoms with Gasteiger partial charge in [0.2, 0.25) is 11.8 Å². The lowest BCUT2D eigenvalue weighted by Gasteiger charge is -2.44. The van der Waals surface area contributed by atoms with Crippen molar-refractivity contribution in [1.82, 2.24) is 10.6 Å². The molecule has 4 aromatic carbocycles. The number of carbonyl (C=O) groups excluding carboxylic acids is 3. The van der Waals surface area contributed by atoms with Crippen molar-refractivity contribution in [3.05, 3.63) is 142 Å². The van der Waals surface area contributed by atoms with Crippen molar-refractivity contribution in [3.8, 4) is 5.75 Å². The number of benzene rings is 4. The zero-order chi connectivity index (χ0) is 62.6. The third kappa shape index (κ3) is 24.9. The minimum atomic E-state index is -3.23. The number of hydrogen-bond acceptors (Lipinski definition) is 8. The van der Waals surface area contributed by atoms with Gasteiger partial charge in [0.05, 0.1) is 23.1 Å². The molecule has 0 spiro atoms. The first-order valence-electron chi connectivity index (χ1n) is 33.5. The number of nitro groups is 1. The molecule has 0 aliphatic carbocycles. The van der Waals surface area contributed by atoms with Crippen LogP contribution in [-0.4, -0.2) is 55.8 Å². The topological polar surface area (TPSA) is 146 Å². The Morgan fingerprint density at radius 1 is 0.616 bits per heavy atom. The fourth-order valence-corrected chi connectivity index (χ4v) is 17.1. The molecular formula is C74H113N3O8Si. The molecule has 0 saturated heterocycles. The van der Waals surface area contributed by atoms with Crippen molar-refractivity contribution in [1.29, 1.82) is 0 Å². The number of rotatable bonds is 45. The number of aryl methyl sites for hydroxylation is 2. The first-order chi connectivity index (χ1) is 41.4. The molecule has 0 heterocycles. The van der Waals surface area contributed by atoms with E-state index < -0.39 is 53.7 Å². The van der Waals surface area contributed by atoms with Crippen LogP contribution in [0, 0.1) is 24.0 Å². The van der Waals surface area contributed by atoms with Crippen molar-refractivity contribution in [2.45, 2.75) is 284 Å². The number of nitrogens with one attached hydrogen (secondary N) is 2. The average Bonchev–Trinajstić information content (AvgIpc) is 0.790. The van der Waals surface area contributed by atoms with Gasteiger partial charge < -0.3 is 24.5 Å². The van der Waals surface area contributed by atoms with Crippen molar-refractivity contribution in [2.75, 3.05) is 6.61 Å². The zero-order valence-corrected chi connectivity index (χ0v) is 56.1. The SMILES string of the molecule is CCCCCCCCCCCCC/C=C/[C@@H](OC(=O)CCCCCCCCCCCCCCCCC)[C@H](CO[Si](c1ccccc1)(c1ccccc1)C(C)(C)C)NC(=O)C(NC(C)=O)C(C)(C)c1c(C)cc(C)cc1OCc1ccccc1[N+](=O)[O-]. The van der Waals surface area contributed by atoms with E-state index in [1.807, 2.05) is 82.3 Å². The highest BCUT2D eigenvalue weighted by molar-refractivity contribution is 6.99. The van der Waals surface area contributed by atoms with E-state index in [-0.39, 0.29) is 31.3 Å². The highest BCUT2D eigenvalue weighted by atomic mass is 28.4. The number of ether oxygens (including phenoxy) is 2. The quantitative estimate of drug-likeness (QED) is 0.0111. The smallest absolute Gasteiger partial charge is 0.306 e. The Balaban J connectivity index is 1.70. The van der Waals surface area contributed by atoms with E-state index in [0.29, 0.717) is 23.3 Å². The Labute approximate surface area is 521 Å². The number of hydrogen-bond donors (Lipinski definition) is 2. The number of nitro benzene ring substituents is 1. The largest absolute Gasteiger partial charge is 0.488 e. The second-order valence-electron chi connectivity index (χ2n) is 26.0. The van der Waals surface area contributed by atoms with Crippen LogP contribution in [0.4, 0.5) is 5.69 Å². The maximum absolute atomic E-state index is 15.7. The van der Waals surface area contributed by atoms with E-state index in [1.165, 1.54) is 141 Å². The molecule has 0 fully saturated rings. The predicted molar refractivity (Wildman–Crippen MR) is 359 cm³/mol. The normalized spacial score (nSPS) is 13.1. The van der Waals surface area contributed by atoms with Crippen LogP contribution in [0.2, 0.25) is 5.04 Å². The highest BCUT2D eigenvalue weighted by Gasteiger charge is 2.51. The molecule has 11 nitrogen and oxygen atoms in total. The number of allylic oxidation sites excluding steroid dienone is 1. The summed E-state index contributed by atoms with van der Waals surface area (Å²) in [6.45, 7) is 20.1. The lowest BCUT2D eigenvalue weighted by atomic mass is 9.74. The summed E-state index contributed by atoms with van der Waals surface area (Å²) in [5.74, 6) is -0.795. The maximum atomic E-state index is 15.7. The van der Waals surface area contributed by atoms with E-state index in [4.69, 9.17) is 13.9 Å². The molecule has 0 aliphatic heterocycles. The lowest BCUT2D eigenvalue weighted by Crippen LogP contribution is -2.68. The fourth-order valence-electron chi connectivity index (χ4n) is 12.5. The number of amides is 2. The molecule has 86 heavy (non-hydrogen) atoms. The van der Waals surface area contributed by atoms with Crippen LogP contribution in [0.3, 0.4) is 0 Å². The molecule has 2 amide bonds. The Morgan fingerprint density at radius 3 is 1.56 bits per heavy atom. The minimum absolute atomic E-state index is 0.0142. The van der Waals surface area contributed by atoms with Crippen LogP contribution in [0.1, 0.15) is 257 Å². The van der Waals surface area contributed by atoms with Gasteiger partial charge in [0, 0.05) is 30.4 Å². The third-order valence-corrected chi connectivity index (χ3v) is 22.2. The standard InChI is InChI=1S/C74H113N3O8Si/c1-11-13-15-17-19-21-23-25-26-28-30-32-34-36-44-54-69(79)85-67(53-43-35-33-31-29-27-24-22-20-18-16-14-12-2)65(58-84-86(73(6,7)8,63-48-39-37-40-49-63)64-50-41-38-42-51-64)76-72(80)71(75-61(5)78)74(9,10)70-60(4)55-59(3)56-68(70)83-57-62-47-45-46-52-66(62)77(81)82/h37-43,45-53,55-56,65,67,71H,11-36,44,54,57-58H2,1-10H3,(H,75,78)(H,76,80)/b53-43+/t65-,67+,71?/m0/s1. The zero-order valence-electron chi connectivity index (χ0n) is 55.1. The maximum Gasteiger partial charge on any atom is 0.306 e. The summed E-state index contributed by atoms with van der Waals surface area (Å²) in [6.07, 6.45) is 36.1. The summed E-state index contributed by atoms with van der Waals surface area (Å²) in [7, 11) is -3.23. The summed E-state index contributed by atoms with van der Waals surface area (Å²) >= 11 is 0. The monoisotopic (exact) mass is 1200 g/mol. The minimum Gasteiger partial charge on any atom is -0.488 e. The highest BCUT2D eigenvalue weighted by Crippen LogP contribution is 2.40. The summed E-state index contributed by atoms with van der Waals surface area (Å²) in [6, 6.07) is 29.0. The molecule has 0 saturated carbocycles. The molecule has 0 bridgehead atoms. The van der Waals surface area contributed by atoms with Crippen molar-refractivity contribution >= 4 is 42.2 Å². The molecule has 0 aliphatic rings. The van der Waals surface area contributed by atoms with Gasteiger partial charge in [-0.2, -0.15) is 0 Å². The second kappa shape index (κ2) is 40.0. The van der Waals surface area contributed by atoms with Crippen molar-refractivity contribution in [2.24, 2.45) is 0 Å². The molecule has 0 aromatic heterocycles. The van der Waals surface area contributed by atoms with E-state index >= 15 is 4.79 Å². The van der Waals surface area contributed by atoms with Gasteiger partial charge in [0.25, 0.3) is 14.0 Å². The fraction of sp³-hybridized carbons (Fsp3) is 0.608. The van der Waals surface area contributed by atoms with Gasteiger partial charge in [0.1, 0.15) is 24.5 Å². The van der Waals surface area contributed by atoms with Gasteiger partial charge in [0.15, 0.2) is 0 Å². The molecule has 12 heteroatoms. The number of unbranched alkanes of at least 4 members (excludes halogenated alkanes) is 25. The van der Waals surface area contributed by atoms with Crippen molar-refractivity contribution in [3.63, 3.8) is 0 Å². The number of para-hydroxylation sites is 1. The Kier molecular flexibility index (Phi) is 33.9. The first-order valence-corrected chi connectivity index (χ1v) is 35.4. The van der Waals surface area contributed by atoms with Crippen LogP contribution in [-0.2, 0) is 35.6 Å². The molecule has 3 atom stereocenters. The predicted octanol–water partition coefficient (Wildman–Crippen LogP) is 18.1. The van der Waals surface area contributed by atoms with Gasteiger partial charge in [-0.25, -0.2) is 0 Å². The summed E-state index contributed by atoms with van der Waals surface area (Å²) < 4.78 is 20.8. The Hall–Kier alpha value is -5.59. The van der Waals surface area contributed by atoms with Gasteiger partial charge in [-0.15, -0.1) is 0 Å². The Bertz CT molecular complexity index is 2560. The number of esters is 1. The van der Waals surface area contributed by atoms with Crippen LogP contribution in [0.15, 0.2) is 109 Å². The van der Waals surface area contributed by atoms with Gasteiger partial charge in [-0.1, -0.05) is 288 Å². The van der Waals surface area contributed by atoms with Crippen molar-refractivity contribution < 1.29 is 33.2 Å².